The fourth-order valence-corrected chi connectivity index (χ4v) is 1.63. The average Bonchev–Trinajstić information content (AvgIpc) is 2.73. The molecule has 0 spiro atoms. The van der Waals surface area contributed by atoms with Crippen LogP contribution in [0.3, 0.4) is 0 Å². The van der Waals surface area contributed by atoms with Gasteiger partial charge < -0.3 is 15.3 Å². The van der Waals surface area contributed by atoms with E-state index in [1.165, 1.54) is 0 Å². The van der Waals surface area contributed by atoms with Crippen LogP contribution in [0.5, 0.6) is 17.2 Å². The normalized spacial score (nSPS) is 8.14. The molecular formula is C24H23O3Ti-. The molecule has 0 atom stereocenters. The summed E-state index contributed by atoms with van der Waals surface area (Å²) in [4.78, 5) is 0. The fourth-order valence-electron chi connectivity index (χ4n) is 1.63. The molecule has 4 aromatic carbocycles. The Kier molecular flexibility index (Phi) is 15.5. The third kappa shape index (κ3) is 15.3. The first-order chi connectivity index (χ1) is 13.2. The smallest absolute Gasteiger partial charge is 0.115 e. The molecule has 0 fully saturated rings. The van der Waals surface area contributed by atoms with Gasteiger partial charge in [0.1, 0.15) is 17.2 Å². The topological polar surface area (TPSA) is 60.7 Å². The van der Waals surface area contributed by atoms with Gasteiger partial charge in [0.25, 0.3) is 0 Å². The summed E-state index contributed by atoms with van der Waals surface area (Å²) >= 11 is 0. The van der Waals surface area contributed by atoms with Crippen LogP contribution in [0.1, 0.15) is 0 Å². The average molecular weight is 407 g/mol. The van der Waals surface area contributed by atoms with E-state index in [9.17, 15) is 0 Å². The van der Waals surface area contributed by atoms with Crippen molar-refractivity contribution in [2.24, 2.45) is 0 Å². The Morgan fingerprint density at radius 3 is 0.750 bits per heavy atom. The molecule has 3 nitrogen and oxygen atoms in total. The maximum atomic E-state index is 8.63. The predicted molar refractivity (Wildman–Crippen MR) is 110 cm³/mol. The van der Waals surface area contributed by atoms with Crippen molar-refractivity contribution >= 4 is 0 Å². The second-order valence-electron chi connectivity index (χ2n) is 5.08. The van der Waals surface area contributed by atoms with Crippen LogP contribution in [0, 0.1) is 6.07 Å². The number of phenolic OH excluding ortho intramolecular Hbond substituents is 3. The van der Waals surface area contributed by atoms with Crippen LogP contribution in [-0.2, 0) is 21.7 Å². The fraction of sp³-hybridized carbons (Fsp3) is 0. The van der Waals surface area contributed by atoms with E-state index in [2.05, 4.69) is 6.07 Å². The van der Waals surface area contributed by atoms with E-state index in [-0.39, 0.29) is 21.7 Å². The third-order valence-electron chi connectivity index (χ3n) is 2.88. The van der Waals surface area contributed by atoms with Crippen molar-refractivity contribution in [3.63, 3.8) is 0 Å². The van der Waals surface area contributed by atoms with Gasteiger partial charge in [-0.3, -0.25) is 0 Å². The minimum Gasteiger partial charge on any atom is -0.508 e. The molecule has 4 rings (SSSR count). The van der Waals surface area contributed by atoms with Crippen molar-refractivity contribution < 1.29 is 37.0 Å². The first-order valence-corrected chi connectivity index (χ1v) is 8.31. The van der Waals surface area contributed by atoms with Gasteiger partial charge >= 0.3 is 0 Å². The number of benzene rings is 4. The first-order valence-electron chi connectivity index (χ1n) is 8.31. The summed E-state index contributed by atoms with van der Waals surface area (Å²) in [5.74, 6) is 0.965. The number of aromatic hydroxyl groups is 3. The minimum atomic E-state index is 0. The van der Waals surface area contributed by atoms with Gasteiger partial charge in [-0.1, -0.05) is 54.6 Å². The van der Waals surface area contributed by atoms with E-state index in [0.29, 0.717) is 17.2 Å². The SMILES string of the molecule is Oc1ccccc1.Oc1ccccc1.Oc1ccccc1.[Ti].[c-]1ccccc1. The van der Waals surface area contributed by atoms with E-state index < -0.39 is 0 Å². The molecule has 0 aliphatic carbocycles. The van der Waals surface area contributed by atoms with Gasteiger partial charge in [0, 0.05) is 21.7 Å². The van der Waals surface area contributed by atoms with Gasteiger partial charge in [-0.05, 0) is 36.4 Å². The van der Waals surface area contributed by atoms with Gasteiger partial charge in [0.05, 0.1) is 0 Å². The molecule has 0 aliphatic heterocycles. The Balaban J connectivity index is 0.000000344. The third-order valence-corrected chi connectivity index (χ3v) is 2.88. The van der Waals surface area contributed by atoms with Gasteiger partial charge in [-0.15, -0.1) is 0 Å². The van der Waals surface area contributed by atoms with E-state index in [4.69, 9.17) is 15.3 Å². The van der Waals surface area contributed by atoms with Crippen molar-refractivity contribution in [1.29, 1.82) is 0 Å². The first kappa shape index (κ1) is 25.0. The van der Waals surface area contributed by atoms with Gasteiger partial charge in [0.2, 0.25) is 0 Å². The largest absolute Gasteiger partial charge is 0.508 e. The Morgan fingerprint density at radius 2 is 0.643 bits per heavy atom. The van der Waals surface area contributed by atoms with Crippen molar-refractivity contribution in [3.8, 4) is 17.2 Å². The Morgan fingerprint density at radius 1 is 0.393 bits per heavy atom. The number of para-hydroxylation sites is 3. The monoisotopic (exact) mass is 407 g/mol. The van der Waals surface area contributed by atoms with E-state index >= 15 is 0 Å². The molecule has 4 heteroatoms. The Hall–Kier alpha value is -3.01. The zero-order chi connectivity index (χ0) is 19.6. The van der Waals surface area contributed by atoms with Crippen molar-refractivity contribution in [2.45, 2.75) is 0 Å². The van der Waals surface area contributed by atoms with Crippen LogP contribution >= 0.6 is 0 Å². The molecule has 0 bridgehead atoms. The van der Waals surface area contributed by atoms with E-state index in [1.54, 1.807) is 72.8 Å². The van der Waals surface area contributed by atoms with E-state index in [0.717, 1.165) is 0 Å². The molecule has 0 aromatic heterocycles. The molecule has 0 saturated carbocycles. The summed E-state index contributed by atoms with van der Waals surface area (Å²) in [6, 6.07) is 38.6. The van der Waals surface area contributed by atoms with Crippen molar-refractivity contribution in [2.75, 3.05) is 0 Å². The maximum absolute atomic E-state index is 8.63. The number of hydrogen-bond acceptors (Lipinski definition) is 3. The summed E-state index contributed by atoms with van der Waals surface area (Å²) in [5, 5.41) is 25.9. The molecular weight excluding hydrogens is 384 g/mol. The summed E-state index contributed by atoms with van der Waals surface area (Å²) in [6.07, 6.45) is 0. The molecule has 0 aliphatic rings. The maximum Gasteiger partial charge on any atom is 0.115 e. The molecule has 0 heterocycles. The van der Waals surface area contributed by atoms with Crippen LogP contribution in [0.2, 0.25) is 0 Å². The second-order valence-corrected chi connectivity index (χ2v) is 5.08. The summed E-state index contributed by atoms with van der Waals surface area (Å²) in [6.45, 7) is 0. The van der Waals surface area contributed by atoms with Crippen LogP contribution in [0.15, 0.2) is 121 Å². The summed E-state index contributed by atoms with van der Waals surface area (Å²) in [5.41, 5.74) is 0. The molecule has 0 radical (unpaired) electrons. The summed E-state index contributed by atoms with van der Waals surface area (Å²) in [7, 11) is 0. The quantitative estimate of drug-likeness (QED) is 0.260. The standard InChI is InChI=1S/3C6H6O.C6H5.Ti/c3*7-6-4-2-1-3-5-6;1-2-4-6-5-3-1;/h3*1-5,7H;1-5H;/q;;;-1;. The summed E-state index contributed by atoms with van der Waals surface area (Å²) < 4.78 is 0. The molecule has 0 saturated heterocycles. The molecule has 0 amide bonds. The van der Waals surface area contributed by atoms with Crippen LogP contribution in [0.4, 0.5) is 0 Å². The molecule has 28 heavy (non-hydrogen) atoms. The van der Waals surface area contributed by atoms with Crippen molar-refractivity contribution in [1.82, 2.24) is 0 Å². The van der Waals surface area contributed by atoms with Crippen LogP contribution < -0.4 is 0 Å². The van der Waals surface area contributed by atoms with Gasteiger partial charge in [-0.25, -0.2) is 0 Å². The van der Waals surface area contributed by atoms with E-state index in [1.807, 2.05) is 48.5 Å². The number of rotatable bonds is 0. The second kappa shape index (κ2) is 17.4. The molecule has 4 aromatic rings. The van der Waals surface area contributed by atoms with Crippen LogP contribution in [0.25, 0.3) is 0 Å². The van der Waals surface area contributed by atoms with Crippen molar-refractivity contribution in [3.05, 3.63) is 127 Å². The molecule has 3 N–H and O–H groups in total. The van der Waals surface area contributed by atoms with Crippen LogP contribution in [-0.4, -0.2) is 15.3 Å². The number of phenols is 3. The molecule has 0 unspecified atom stereocenters. The Labute approximate surface area is 181 Å². The molecule has 142 valence electrons. The number of hydrogen-bond donors (Lipinski definition) is 3. The Bertz CT molecular complexity index is 680. The predicted octanol–water partition coefficient (Wildman–Crippen LogP) is 5.66. The zero-order valence-electron chi connectivity index (χ0n) is 15.4. The zero-order valence-corrected chi connectivity index (χ0v) is 17.0. The van der Waals surface area contributed by atoms with Gasteiger partial charge in [-0.2, -0.15) is 36.4 Å². The minimum absolute atomic E-state index is 0. The van der Waals surface area contributed by atoms with Gasteiger partial charge in [0.15, 0.2) is 0 Å².